The monoisotopic (exact) mass is 436 g/mol. The highest BCUT2D eigenvalue weighted by Gasteiger charge is 2.30. The Morgan fingerprint density at radius 3 is 3.05 bits per heavy atom. The van der Waals surface area contributed by atoms with Crippen LogP contribution in [-0.2, 0) is 0 Å². The number of rotatable bonds is 6. The summed E-state index contributed by atoms with van der Waals surface area (Å²) in [6.07, 6.45) is 4.80. The molecule has 126 valence electrons. The Bertz CT molecular complexity index is 435. The van der Waals surface area contributed by atoms with Crippen LogP contribution >= 0.6 is 35.3 Å². The van der Waals surface area contributed by atoms with Gasteiger partial charge in [0.1, 0.15) is 0 Å². The van der Waals surface area contributed by atoms with Crippen molar-refractivity contribution in [1.29, 1.82) is 0 Å². The molecule has 0 bridgehead atoms. The molecule has 6 heteroatoms. The van der Waals surface area contributed by atoms with Gasteiger partial charge in [0.05, 0.1) is 0 Å². The molecule has 0 saturated carbocycles. The molecule has 1 aliphatic heterocycles. The van der Waals surface area contributed by atoms with E-state index in [0.717, 1.165) is 19.5 Å². The van der Waals surface area contributed by atoms with Gasteiger partial charge in [-0.2, -0.15) is 0 Å². The summed E-state index contributed by atoms with van der Waals surface area (Å²) in [6.45, 7) is 5.09. The highest BCUT2D eigenvalue weighted by atomic mass is 127. The minimum absolute atomic E-state index is 0. The Labute approximate surface area is 155 Å². The maximum absolute atomic E-state index is 5.96. The van der Waals surface area contributed by atoms with Crippen LogP contribution in [0.1, 0.15) is 43.5 Å². The molecular formula is C16H29IN4S. The van der Waals surface area contributed by atoms with Crippen LogP contribution in [0.2, 0.25) is 0 Å². The van der Waals surface area contributed by atoms with E-state index >= 15 is 0 Å². The van der Waals surface area contributed by atoms with Crippen molar-refractivity contribution in [2.24, 2.45) is 16.6 Å². The van der Waals surface area contributed by atoms with E-state index in [4.69, 9.17) is 5.73 Å². The van der Waals surface area contributed by atoms with Gasteiger partial charge in [0.2, 0.25) is 0 Å². The van der Waals surface area contributed by atoms with E-state index in [-0.39, 0.29) is 24.0 Å². The lowest BCUT2D eigenvalue weighted by atomic mass is 9.88. The predicted molar refractivity (Wildman–Crippen MR) is 107 cm³/mol. The van der Waals surface area contributed by atoms with Gasteiger partial charge < -0.3 is 11.1 Å². The van der Waals surface area contributed by atoms with E-state index in [0.29, 0.717) is 17.9 Å². The molecule has 1 aromatic heterocycles. The Balaban J connectivity index is 0.00000242. The molecule has 0 spiro atoms. The standard InChI is InChI=1S/C16H28N4S.HI/c1-3-4-9-18-16(17)19-12-13-7-5-10-20(2)15(13)14-8-6-11-21-14;/h6,8,11,13,15H,3-5,7,9-10,12H2,1-2H3,(H3,17,18,19);1H. The highest BCUT2D eigenvalue weighted by molar-refractivity contribution is 14.0. The number of hydrogen-bond donors (Lipinski definition) is 2. The Hall–Kier alpha value is -0.340. The van der Waals surface area contributed by atoms with Crippen LogP contribution in [0.3, 0.4) is 0 Å². The minimum atomic E-state index is 0. The summed E-state index contributed by atoms with van der Waals surface area (Å²) in [7, 11) is 2.23. The molecule has 4 nitrogen and oxygen atoms in total. The molecule has 2 unspecified atom stereocenters. The highest BCUT2D eigenvalue weighted by Crippen LogP contribution is 2.37. The van der Waals surface area contributed by atoms with Gasteiger partial charge in [-0.1, -0.05) is 19.4 Å². The van der Waals surface area contributed by atoms with E-state index in [1.165, 1.54) is 30.7 Å². The largest absolute Gasteiger partial charge is 0.370 e. The molecule has 3 N–H and O–H groups in total. The average molecular weight is 436 g/mol. The van der Waals surface area contributed by atoms with Crippen LogP contribution in [0.5, 0.6) is 0 Å². The molecule has 2 rings (SSSR count). The lowest BCUT2D eigenvalue weighted by Gasteiger charge is -2.38. The molecule has 0 radical (unpaired) electrons. The number of hydrogen-bond acceptors (Lipinski definition) is 3. The SMILES string of the molecule is CCCCNC(N)=NCC1CCCN(C)C1c1cccs1.I. The van der Waals surface area contributed by atoms with Crippen LogP contribution in [0, 0.1) is 5.92 Å². The second kappa shape index (κ2) is 10.4. The summed E-state index contributed by atoms with van der Waals surface area (Å²) in [5.74, 6) is 1.16. The van der Waals surface area contributed by atoms with Crippen LogP contribution in [0.4, 0.5) is 0 Å². The van der Waals surface area contributed by atoms with Crippen molar-refractivity contribution in [3.63, 3.8) is 0 Å². The van der Waals surface area contributed by atoms with Crippen molar-refractivity contribution in [2.45, 2.75) is 38.6 Å². The number of likely N-dealkylation sites (tertiary alicyclic amines) is 1. The molecule has 1 aromatic rings. The number of aliphatic imine (C=N–C) groups is 1. The van der Waals surface area contributed by atoms with Crippen molar-refractivity contribution in [1.82, 2.24) is 10.2 Å². The van der Waals surface area contributed by atoms with Crippen LogP contribution in [-0.4, -0.2) is 37.5 Å². The number of nitrogens with two attached hydrogens (primary N) is 1. The van der Waals surface area contributed by atoms with Crippen molar-refractivity contribution in [2.75, 3.05) is 26.7 Å². The maximum Gasteiger partial charge on any atom is 0.188 e. The molecule has 1 fully saturated rings. The van der Waals surface area contributed by atoms with Crippen LogP contribution < -0.4 is 11.1 Å². The number of guanidine groups is 1. The summed E-state index contributed by atoms with van der Waals surface area (Å²) >= 11 is 1.85. The first-order valence-electron chi connectivity index (χ1n) is 7.99. The molecule has 1 saturated heterocycles. The molecule has 0 amide bonds. The van der Waals surface area contributed by atoms with Gasteiger partial charge >= 0.3 is 0 Å². The van der Waals surface area contributed by atoms with E-state index < -0.39 is 0 Å². The van der Waals surface area contributed by atoms with Gasteiger partial charge in [0.25, 0.3) is 0 Å². The lowest BCUT2D eigenvalue weighted by molar-refractivity contribution is 0.128. The quantitative estimate of drug-likeness (QED) is 0.311. The van der Waals surface area contributed by atoms with Gasteiger partial charge in [0, 0.05) is 24.0 Å². The maximum atomic E-state index is 5.96. The predicted octanol–water partition coefficient (Wildman–Crippen LogP) is 3.45. The lowest BCUT2D eigenvalue weighted by Crippen LogP contribution is -2.38. The number of unbranched alkanes of at least 4 members (excludes halogenated alkanes) is 1. The van der Waals surface area contributed by atoms with Gasteiger partial charge in [-0.3, -0.25) is 9.89 Å². The number of halogens is 1. The Morgan fingerprint density at radius 1 is 1.55 bits per heavy atom. The number of piperidine rings is 1. The fraction of sp³-hybridized carbons (Fsp3) is 0.688. The topological polar surface area (TPSA) is 53.6 Å². The molecule has 0 aliphatic carbocycles. The first kappa shape index (κ1) is 19.7. The van der Waals surface area contributed by atoms with Crippen LogP contribution in [0.25, 0.3) is 0 Å². The number of nitrogens with one attached hydrogen (secondary N) is 1. The Kier molecular flexibility index (Phi) is 9.35. The summed E-state index contributed by atoms with van der Waals surface area (Å²) in [5, 5.41) is 5.37. The van der Waals surface area contributed by atoms with Crippen molar-refractivity contribution < 1.29 is 0 Å². The second-order valence-corrected chi connectivity index (χ2v) is 6.83. The third-order valence-corrected chi connectivity index (χ3v) is 5.12. The average Bonchev–Trinajstić information content (AvgIpc) is 2.99. The second-order valence-electron chi connectivity index (χ2n) is 5.85. The fourth-order valence-corrected chi connectivity index (χ4v) is 4.01. The summed E-state index contributed by atoms with van der Waals surface area (Å²) in [6, 6.07) is 4.88. The van der Waals surface area contributed by atoms with Gasteiger partial charge in [-0.25, -0.2) is 0 Å². The molecule has 1 aliphatic rings. The van der Waals surface area contributed by atoms with Gasteiger partial charge in [-0.15, -0.1) is 35.3 Å². The van der Waals surface area contributed by atoms with Crippen LogP contribution in [0.15, 0.2) is 22.5 Å². The van der Waals surface area contributed by atoms with Gasteiger partial charge in [-0.05, 0) is 50.2 Å². The van der Waals surface area contributed by atoms with E-state index in [1.54, 1.807) is 0 Å². The molecule has 22 heavy (non-hydrogen) atoms. The first-order valence-corrected chi connectivity index (χ1v) is 8.87. The Morgan fingerprint density at radius 2 is 2.36 bits per heavy atom. The molecule has 0 aromatic carbocycles. The van der Waals surface area contributed by atoms with E-state index in [1.807, 2.05) is 11.3 Å². The molecular weight excluding hydrogens is 407 g/mol. The molecule has 2 heterocycles. The summed E-state index contributed by atoms with van der Waals surface area (Å²) < 4.78 is 0. The summed E-state index contributed by atoms with van der Waals surface area (Å²) in [5.41, 5.74) is 5.96. The molecule has 2 atom stereocenters. The van der Waals surface area contributed by atoms with Crippen molar-refractivity contribution in [3.8, 4) is 0 Å². The van der Waals surface area contributed by atoms with Crippen molar-refractivity contribution >= 4 is 41.3 Å². The minimum Gasteiger partial charge on any atom is -0.370 e. The number of nitrogens with zero attached hydrogens (tertiary/aromatic N) is 2. The smallest absolute Gasteiger partial charge is 0.188 e. The third-order valence-electron chi connectivity index (χ3n) is 4.17. The third kappa shape index (κ3) is 5.70. The van der Waals surface area contributed by atoms with Crippen molar-refractivity contribution in [3.05, 3.63) is 22.4 Å². The van der Waals surface area contributed by atoms with E-state index in [9.17, 15) is 0 Å². The zero-order valence-electron chi connectivity index (χ0n) is 13.6. The zero-order chi connectivity index (χ0) is 15.1. The summed E-state index contributed by atoms with van der Waals surface area (Å²) in [4.78, 5) is 8.50. The van der Waals surface area contributed by atoms with Gasteiger partial charge in [0.15, 0.2) is 5.96 Å². The number of thiophene rings is 1. The van der Waals surface area contributed by atoms with E-state index in [2.05, 4.69) is 46.7 Å². The normalized spacial score (nSPS) is 23.1. The zero-order valence-corrected chi connectivity index (χ0v) is 16.8. The fourth-order valence-electron chi connectivity index (χ4n) is 3.02. The first-order chi connectivity index (χ1) is 10.2.